The zero-order chi connectivity index (χ0) is 21.8. The Morgan fingerprint density at radius 3 is 2.68 bits per heavy atom. The van der Waals surface area contributed by atoms with Crippen molar-refractivity contribution in [1.29, 1.82) is 0 Å². The smallest absolute Gasteiger partial charge is 0.222 e. The van der Waals surface area contributed by atoms with Crippen LogP contribution in [0.4, 0.5) is 0 Å². The largest absolute Gasteiger partial charge is 0.497 e. The summed E-state index contributed by atoms with van der Waals surface area (Å²) in [5.74, 6) is 2.35. The van der Waals surface area contributed by atoms with Crippen molar-refractivity contribution in [3.8, 4) is 17.2 Å². The van der Waals surface area contributed by atoms with Crippen molar-refractivity contribution in [2.24, 2.45) is 0 Å². The Labute approximate surface area is 183 Å². The third-order valence-electron chi connectivity index (χ3n) is 6.21. The van der Waals surface area contributed by atoms with Gasteiger partial charge in [-0.1, -0.05) is 18.2 Å². The first-order valence-electron chi connectivity index (χ1n) is 10.9. The van der Waals surface area contributed by atoms with E-state index >= 15 is 0 Å². The van der Waals surface area contributed by atoms with E-state index in [2.05, 4.69) is 0 Å². The number of Topliss-reactive ketones (excluding diaryl/α,β-unsaturated/α-hetero) is 1. The molecule has 2 aromatic carbocycles. The lowest BCUT2D eigenvalue weighted by Crippen LogP contribution is -2.52. The molecule has 0 N–H and O–H groups in total. The molecule has 1 amide bonds. The summed E-state index contributed by atoms with van der Waals surface area (Å²) < 4.78 is 17.3. The molecule has 0 radical (unpaired) electrons. The molecule has 164 valence electrons. The fraction of sp³-hybridized carbons (Fsp3) is 0.440. The number of benzene rings is 2. The summed E-state index contributed by atoms with van der Waals surface area (Å²) in [6, 6.07) is 13.2. The molecule has 0 aromatic heterocycles. The highest BCUT2D eigenvalue weighted by atomic mass is 16.5. The molecule has 0 atom stereocenters. The van der Waals surface area contributed by atoms with Crippen molar-refractivity contribution in [3.05, 3.63) is 53.6 Å². The van der Waals surface area contributed by atoms with Crippen LogP contribution in [0.2, 0.25) is 0 Å². The summed E-state index contributed by atoms with van der Waals surface area (Å²) in [6.07, 6.45) is 2.81. The molecule has 0 bridgehead atoms. The monoisotopic (exact) mass is 423 g/mol. The van der Waals surface area contributed by atoms with Gasteiger partial charge in [-0.05, 0) is 43.2 Å². The van der Waals surface area contributed by atoms with Gasteiger partial charge in [-0.2, -0.15) is 0 Å². The van der Waals surface area contributed by atoms with Crippen LogP contribution in [0.15, 0.2) is 42.5 Å². The molecule has 6 nitrogen and oxygen atoms in total. The van der Waals surface area contributed by atoms with E-state index in [-0.39, 0.29) is 11.7 Å². The maximum atomic E-state index is 12.7. The average Bonchev–Trinajstić information content (AvgIpc) is 2.78. The minimum absolute atomic E-state index is 0.0771. The van der Waals surface area contributed by atoms with Crippen LogP contribution in [0.5, 0.6) is 17.2 Å². The molecule has 0 unspecified atom stereocenters. The summed E-state index contributed by atoms with van der Waals surface area (Å²) in [4.78, 5) is 27.2. The first kappa shape index (κ1) is 21.2. The first-order chi connectivity index (χ1) is 15.0. The van der Waals surface area contributed by atoms with Gasteiger partial charge in [0.05, 0.1) is 25.7 Å². The van der Waals surface area contributed by atoms with E-state index in [1.165, 1.54) is 0 Å². The highest BCUT2D eigenvalue weighted by Crippen LogP contribution is 2.40. The predicted octanol–water partition coefficient (Wildman–Crippen LogP) is 4.19. The number of piperidine rings is 1. The van der Waals surface area contributed by atoms with Crippen LogP contribution in [-0.2, 0) is 4.79 Å². The van der Waals surface area contributed by atoms with Gasteiger partial charge < -0.3 is 19.1 Å². The summed E-state index contributed by atoms with van der Waals surface area (Å²) in [7, 11) is 1.58. The first-order valence-corrected chi connectivity index (χ1v) is 10.9. The third-order valence-corrected chi connectivity index (χ3v) is 6.21. The molecule has 0 aliphatic carbocycles. The van der Waals surface area contributed by atoms with Crippen molar-refractivity contribution < 1.29 is 23.8 Å². The molecule has 1 fully saturated rings. The lowest BCUT2D eigenvalue weighted by Gasteiger charge is -2.44. The van der Waals surface area contributed by atoms with Crippen molar-refractivity contribution in [2.45, 2.75) is 44.6 Å². The zero-order valence-corrected chi connectivity index (χ0v) is 18.2. The Balaban J connectivity index is 1.27. The Kier molecular flexibility index (Phi) is 6.16. The minimum atomic E-state index is -0.511. The number of rotatable bonds is 6. The lowest BCUT2D eigenvalue weighted by atomic mass is 9.82. The molecule has 1 saturated heterocycles. The van der Waals surface area contributed by atoms with Gasteiger partial charge >= 0.3 is 0 Å². The van der Waals surface area contributed by atoms with E-state index < -0.39 is 5.60 Å². The number of amides is 1. The van der Waals surface area contributed by atoms with Gasteiger partial charge in [-0.3, -0.25) is 9.59 Å². The molecular formula is C25H29NO5. The number of carbonyl (C=O) groups is 2. The molecular weight excluding hydrogens is 394 g/mol. The molecule has 4 rings (SSSR count). The summed E-state index contributed by atoms with van der Waals surface area (Å²) in [5.41, 5.74) is 1.16. The maximum absolute atomic E-state index is 12.7. The second-order valence-corrected chi connectivity index (χ2v) is 8.35. The van der Waals surface area contributed by atoms with E-state index in [0.717, 1.165) is 11.3 Å². The zero-order valence-electron chi connectivity index (χ0n) is 18.2. The van der Waals surface area contributed by atoms with Crippen molar-refractivity contribution in [3.63, 3.8) is 0 Å². The molecule has 2 heterocycles. The second-order valence-electron chi connectivity index (χ2n) is 8.35. The highest BCUT2D eigenvalue weighted by Gasteiger charge is 2.43. The number of hydrogen-bond donors (Lipinski definition) is 0. The lowest BCUT2D eigenvalue weighted by molar-refractivity contribution is -0.135. The fourth-order valence-corrected chi connectivity index (χ4v) is 4.32. The molecule has 31 heavy (non-hydrogen) atoms. The summed E-state index contributed by atoms with van der Waals surface area (Å²) >= 11 is 0. The van der Waals surface area contributed by atoms with Crippen LogP contribution in [0.1, 0.15) is 48.0 Å². The van der Waals surface area contributed by atoms with Crippen LogP contribution in [0.3, 0.4) is 0 Å². The summed E-state index contributed by atoms with van der Waals surface area (Å²) in [6.45, 7) is 3.75. The number of ketones is 1. The van der Waals surface area contributed by atoms with Crippen LogP contribution < -0.4 is 14.2 Å². The standard InChI is InChI=1S/C25H29NO5/c1-18-6-3-4-7-22(18)30-15-5-8-24(28)26-13-11-25(12-14-26)17-21(27)20-16-19(29-2)9-10-23(20)31-25/h3-4,6-7,9-10,16H,5,8,11-15,17H2,1-2H3. The van der Waals surface area contributed by atoms with E-state index in [0.29, 0.717) is 68.9 Å². The number of methoxy groups -OCH3 is 1. The van der Waals surface area contributed by atoms with Crippen molar-refractivity contribution in [1.82, 2.24) is 4.90 Å². The number of nitrogens with zero attached hydrogens (tertiary/aromatic N) is 1. The number of hydrogen-bond acceptors (Lipinski definition) is 5. The van der Waals surface area contributed by atoms with Crippen LogP contribution in [0.25, 0.3) is 0 Å². The topological polar surface area (TPSA) is 65.1 Å². The number of para-hydroxylation sites is 1. The van der Waals surface area contributed by atoms with Gasteiger partial charge in [0.15, 0.2) is 5.78 Å². The number of likely N-dealkylation sites (tertiary alicyclic amines) is 1. The van der Waals surface area contributed by atoms with Crippen LogP contribution >= 0.6 is 0 Å². The van der Waals surface area contributed by atoms with Crippen LogP contribution in [0, 0.1) is 6.92 Å². The fourth-order valence-electron chi connectivity index (χ4n) is 4.32. The molecule has 2 aromatic rings. The van der Waals surface area contributed by atoms with Gasteiger partial charge in [0.1, 0.15) is 22.8 Å². The Morgan fingerprint density at radius 1 is 1.16 bits per heavy atom. The Morgan fingerprint density at radius 2 is 1.94 bits per heavy atom. The molecule has 6 heteroatoms. The number of carbonyl (C=O) groups excluding carboxylic acids is 2. The van der Waals surface area contributed by atoms with Gasteiger partial charge in [0.2, 0.25) is 5.91 Å². The van der Waals surface area contributed by atoms with Crippen LogP contribution in [-0.4, -0.2) is 49.0 Å². The Bertz CT molecular complexity index is 962. The van der Waals surface area contributed by atoms with E-state index in [1.54, 1.807) is 19.2 Å². The Hall–Kier alpha value is -3.02. The van der Waals surface area contributed by atoms with Crippen molar-refractivity contribution in [2.75, 3.05) is 26.8 Å². The predicted molar refractivity (Wildman–Crippen MR) is 117 cm³/mol. The van der Waals surface area contributed by atoms with Crippen molar-refractivity contribution >= 4 is 11.7 Å². The second kappa shape index (κ2) is 9.00. The minimum Gasteiger partial charge on any atom is -0.497 e. The quantitative estimate of drug-likeness (QED) is 0.652. The van der Waals surface area contributed by atoms with Gasteiger partial charge in [0.25, 0.3) is 0 Å². The molecule has 2 aliphatic rings. The normalized spacial score (nSPS) is 17.1. The number of ether oxygens (including phenoxy) is 3. The summed E-state index contributed by atoms with van der Waals surface area (Å²) in [5, 5.41) is 0. The van der Waals surface area contributed by atoms with Gasteiger partial charge in [-0.25, -0.2) is 0 Å². The number of fused-ring (bicyclic) bond motifs is 1. The number of aryl methyl sites for hydroxylation is 1. The van der Waals surface area contributed by atoms with E-state index in [4.69, 9.17) is 14.2 Å². The molecule has 2 aliphatic heterocycles. The van der Waals surface area contributed by atoms with E-state index in [1.807, 2.05) is 42.2 Å². The third kappa shape index (κ3) is 4.68. The average molecular weight is 424 g/mol. The SMILES string of the molecule is COc1ccc2c(c1)C(=O)CC1(CCN(C(=O)CCCOc3ccccc3C)CC1)O2. The van der Waals surface area contributed by atoms with E-state index in [9.17, 15) is 9.59 Å². The van der Waals surface area contributed by atoms with Gasteiger partial charge in [0, 0.05) is 32.4 Å². The van der Waals surface area contributed by atoms with Gasteiger partial charge in [-0.15, -0.1) is 0 Å². The highest BCUT2D eigenvalue weighted by molar-refractivity contribution is 6.00. The molecule has 0 saturated carbocycles. The molecule has 1 spiro atoms. The maximum Gasteiger partial charge on any atom is 0.222 e.